The molecule has 20 heavy (non-hydrogen) atoms. The summed E-state index contributed by atoms with van der Waals surface area (Å²) in [6.45, 7) is 1.49. The SMILES string of the molecule is COc1ccc(OC)c(CC(C)NC(=O)C(F)(F)F)c1. The molecule has 112 valence electrons. The summed E-state index contributed by atoms with van der Waals surface area (Å²) in [5.74, 6) is -0.860. The average Bonchev–Trinajstić information content (AvgIpc) is 2.37. The molecule has 0 saturated heterocycles. The average molecular weight is 291 g/mol. The number of hydrogen-bond donors (Lipinski definition) is 1. The number of amides is 1. The molecule has 1 atom stereocenters. The number of alkyl halides is 3. The van der Waals surface area contributed by atoms with Crippen LogP contribution in [0.1, 0.15) is 12.5 Å². The van der Waals surface area contributed by atoms with Gasteiger partial charge >= 0.3 is 12.1 Å². The summed E-state index contributed by atoms with van der Waals surface area (Å²) in [4.78, 5) is 10.9. The van der Waals surface area contributed by atoms with Crippen molar-refractivity contribution >= 4 is 5.91 Å². The van der Waals surface area contributed by atoms with E-state index in [2.05, 4.69) is 0 Å². The van der Waals surface area contributed by atoms with Gasteiger partial charge in [0.15, 0.2) is 0 Å². The molecule has 0 radical (unpaired) electrons. The van der Waals surface area contributed by atoms with E-state index in [0.29, 0.717) is 17.1 Å². The molecular formula is C13H16F3NO3. The van der Waals surface area contributed by atoms with Crippen LogP contribution in [-0.4, -0.2) is 32.3 Å². The summed E-state index contributed by atoms with van der Waals surface area (Å²) < 4.78 is 46.6. The van der Waals surface area contributed by atoms with Crippen LogP contribution in [0.25, 0.3) is 0 Å². The molecule has 0 aliphatic rings. The molecule has 1 N–H and O–H groups in total. The highest BCUT2D eigenvalue weighted by Gasteiger charge is 2.39. The van der Waals surface area contributed by atoms with E-state index >= 15 is 0 Å². The number of halogens is 3. The summed E-state index contributed by atoms with van der Waals surface area (Å²) in [5.41, 5.74) is 0.654. The maximum absolute atomic E-state index is 12.2. The fraction of sp³-hybridized carbons (Fsp3) is 0.462. The van der Waals surface area contributed by atoms with E-state index in [4.69, 9.17) is 9.47 Å². The van der Waals surface area contributed by atoms with Crippen LogP contribution in [-0.2, 0) is 11.2 Å². The zero-order valence-corrected chi connectivity index (χ0v) is 11.4. The second-order valence-corrected chi connectivity index (χ2v) is 4.25. The van der Waals surface area contributed by atoms with Crippen LogP contribution < -0.4 is 14.8 Å². The van der Waals surface area contributed by atoms with E-state index in [9.17, 15) is 18.0 Å². The molecule has 0 fully saturated rings. The number of carbonyl (C=O) groups is 1. The Morgan fingerprint density at radius 2 is 1.95 bits per heavy atom. The maximum atomic E-state index is 12.2. The van der Waals surface area contributed by atoms with Gasteiger partial charge in [-0.25, -0.2) is 0 Å². The highest BCUT2D eigenvalue weighted by molar-refractivity contribution is 5.81. The molecule has 1 unspecified atom stereocenters. The van der Waals surface area contributed by atoms with Crippen LogP contribution in [0.15, 0.2) is 18.2 Å². The Morgan fingerprint density at radius 1 is 1.30 bits per heavy atom. The first-order chi connectivity index (χ1) is 9.27. The van der Waals surface area contributed by atoms with Crippen molar-refractivity contribution in [2.24, 2.45) is 0 Å². The van der Waals surface area contributed by atoms with Gasteiger partial charge in [0.1, 0.15) is 11.5 Å². The summed E-state index contributed by atoms with van der Waals surface area (Å²) >= 11 is 0. The first-order valence-electron chi connectivity index (χ1n) is 5.86. The molecule has 0 saturated carbocycles. The lowest BCUT2D eigenvalue weighted by atomic mass is 10.1. The van der Waals surface area contributed by atoms with Gasteiger partial charge in [0.25, 0.3) is 0 Å². The van der Waals surface area contributed by atoms with E-state index < -0.39 is 18.1 Å². The number of hydrogen-bond acceptors (Lipinski definition) is 3. The van der Waals surface area contributed by atoms with Gasteiger partial charge in [0.05, 0.1) is 14.2 Å². The maximum Gasteiger partial charge on any atom is 0.471 e. The van der Waals surface area contributed by atoms with Gasteiger partial charge in [-0.1, -0.05) is 0 Å². The number of ether oxygens (including phenoxy) is 2. The molecule has 4 nitrogen and oxygen atoms in total. The van der Waals surface area contributed by atoms with Gasteiger partial charge < -0.3 is 14.8 Å². The minimum absolute atomic E-state index is 0.197. The van der Waals surface area contributed by atoms with Crippen LogP contribution in [0.4, 0.5) is 13.2 Å². The fourth-order valence-electron chi connectivity index (χ4n) is 1.73. The Hall–Kier alpha value is -1.92. The third-order valence-corrected chi connectivity index (χ3v) is 2.65. The number of methoxy groups -OCH3 is 2. The van der Waals surface area contributed by atoms with Gasteiger partial charge in [-0.15, -0.1) is 0 Å². The highest BCUT2D eigenvalue weighted by Crippen LogP contribution is 2.25. The summed E-state index contributed by atoms with van der Waals surface area (Å²) in [7, 11) is 2.95. The minimum Gasteiger partial charge on any atom is -0.497 e. The second kappa shape index (κ2) is 6.49. The predicted molar refractivity (Wildman–Crippen MR) is 66.9 cm³/mol. The first-order valence-corrected chi connectivity index (χ1v) is 5.86. The van der Waals surface area contributed by atoms with Crippen molar-refractivity contribution < 1.29 is 27.4 Å². The lowest BCUT2D eigenvalue weighted by Gasteiger charge is -2.17. The first kappa shape index (κ1) is 16.1. The van der Waals surface area contributed by atoms with Crippen molar-refractivity contribution in [2.75, 3.05) is 14.2 Å². The quantitative estimate of drug-likeness (QED) is 0.905. The van der Waals surface area contributed by atoms with Gasteiger partial charge in [-0.2, -0.15) is 13.2 Å². The monoisotopic (exact) mass is 291 g/mol. The summed E-state index contributed by atoms with van der Waals surface area (Å²) in [6.07, 6.45) is -4.69. The molecule has 1 aromatic carbocycles. The van der Waals surface area contributed by atoms with Crippen LogP contribution in [0.2, 0.25) is 0 Å². The summed E-state index contributed by atoms with van der Waals surface area (Å²) in [6, 6.07) is 4.31. The van der Waals surface area contributed by atoms with Crippen LogP contribution in [0.3, 0.4) is 0 Å². The molecule has 0 bridgehead atoms. The van der Waals surface area contributed by atoms with Crippen LogP contribution in [0.5, 0.6) is 11.5 Å². The normalized spacial score (nSPS) is 12.7. The lowest BCUT2D eigenvalue weighted by molar-refractivity contribution is -0.174. The lowest BCUT2D eigenvalue weighted by Crippen LogP contribution is -2.42. The van der Waals surface area contributed by atoms with E-state index in [1.807, 2.05) is 5.32 Å². The van der Waals surface area contributed by atoms with Gasteiger partial charge in [-0.3, -0.25) is 4.79 Å². The smallest absolute Gasteiger partial charge is 0.471 e. The third-order valence-electron chi connectivity index (χ3n) is 2.65. The molecule has 1 rings (SSSR count). The number of rotatable bonds is 5. The zero-order valence-electron chi connectivity index (χ0n) is 11.4. The van der Waals surface area contributed by atoms with Gasteiger partial charge in [0, 0.05) is 6.04 Å². The fourth-order valence-corrected chi connectivity index (χ4v) is 1.73. The molecule has 0 spiro atoms. The Labute approximate surface area is 114 Å². The van der Waals surface area contributed by atoms with E-state index in [0.717, 1.165) is 0 Å². The predicted octanol–water partition coefficient (Wildman–Crippen LogP) is 2.31. The largest absolute Gasteiger partial charge is 0.497 e. The molecule has 1 aromatic rings. The van der Waals surface area contributed by atoms with Crippen molar-refractivity contribution in [1.29, 1.82) is 0 Å². The Balaban J connectivity index is 2.79. The van der Waals surface area contributed by atoms with Crippen molar-refractivity contribution in [1.82, 2.24) is 5.32 Å². The Kier molecular flexibility index (Phi) is 5.24. The Bertz CT molecular complexity index is 474. The second-order valence-electron chi connectivity index (χ2n) is 4.25. The molecule has 7 heteroatoms. The number of nitrogens with one attached hydrogen (secondary N) is 1. The van der Waals surface area contributed by atoms with Crippen molar-refractivity contribution in [2.45, 2.75) is 25.6 Å². The molecule has 0 aliphatic heterocycles. The molecular weight excluding hydrogens is 275 g/mol. The molecule has 0 aromatic heterocycles. The van der Waals surface area contributed by atoms with Gasteiger partial charge in [0.2, 0.25) is 0 Å². The minimum atomic E-state index is -4.88. The zero-order chi connectivity index (χ0) is 15.3. The van der Waals surface area contributed by atoms with Crippen LogP contribution in [0, 0.1) is 0 Å². The van der Waals surface area contributed by atoms with Crippen LogP contribution >= 0.6 is 0 Å². The van der Waals surface area contributed by atoms with Crippen molar-refractivity contribution in [3.8, 4) is 11.5 Å². The number of carbonyl (C=O) groups excluding carboxylic acids is 1. The summed E-state index contributed by atoms with van der Waals surface area (Å²) in [5, 5.41) is 1.90. The van der Waals surface area contributed by atoms with E-state index in [1.54, 1.807) is 18.2 Å². The number of benzene rings is 1. The van der Waals surface area contributed by atoms with E-state index in [-0.39, 0.29) is 6.42 Å². The molecule has 0 aliphatic carbocycles. The topological polar surface area (TPSA) is 47.6 Å². The van der Waals surface area contributed by atoms with E-state index in [1.165, 1.54) is 21.1 Å². The third kappa shape index (κ3) is 4.32. The highest BCUT2D eigenvalue weighted by atomic mass is 19.4. The van der Waals surface area contributed by atoms with Crippen molar-refractivity contribution in [3.63, 3.8) is 0 Å². The standard InChI is InChI=1S/C13H16F3NO3/c1-8(17-12(18)13(14,15)16)6-9-7-10(19-2)4-5-11(9)20-3/h4-5,7-8H,6H2,1-3H3,(H,17,18). The van der Waals surface area contributed by atoms with Gasteiger partial charge in [-0.05, 0) is 37.1 Å². The van der Waals surface area contributed by atoms with Crippen molar-refractivity contribution in [3.05, 3.63) is 23.8 Å². The molecule has 0 heterocycles. The Morgan fingerprint density at radius 3 is 2.45 bits per heavy atom. The molecule has 1 amide bonds.